The summed E-state index contributed by atoms with van der Waals surface area (Å²) in [6.07, 6.45) is 0. The number of nitrogens with zero attached hydrogens (tertiary/aromatic N) is 2. The Balaban J connectivity index is 2.03. The molecule has 2 aromatic carbocycles. The van der Waals surface area contributed by atoms with Gasteiger partial charge in [0.1, 0.15) is 5.71 Å². The summed E-state index contributed by atoms with van der Waals surface area (Å²) in [5.41, 5.74) is 4.22. The molecule has 0 N–H and O–H groups in total. The lowest BCUT2D eigenvalue weighted by Crippen LogP contribution is -2.31. The fraction of sp³-hybridized carbons (Fsp3) is 0.211. The molecule has 0 saturated carbocycles. The highest BCUT2D eigenvalue weighted by Crippen LogP contribution is 2.28. The lowest BCUT2D eigenvalue weighted by Gasteiger charge is -2.13. The Morgan fingerprint density at radius 1 is 0.958 bits per heavy atom. The molecule has 122 valence electrons. The zero-order chi connectivity index (χ0) is 17.4. The summed E-state index contributed by atoms with van der Waals surface area (Å²) in [6, 6.07) is 12.9. The fourth-order valence-electron chi connectivity index (χ4n) is 2.57. The number of rotatable bonds is 2. The average molecular weight is 341 g/mol. The Labute approximate surface area is 145 Å². The predicted octanol–water partition coefficient (Wildman–Crippen LogP) is 3.87. The largest absolute Gasteiger partial charge is 0.281 e. The van der Waals surface area contributed by atoms with E-state index in [-0.39, 0.29) is 5.71 Å². The molecular weight excluding hydrogens is 324 g/mol. The Bertz CT molecular complexity index is 856. The second-order valence-corrected chi connectivity index (χ2v) is 6.40. The van der Waals surface area contributed by atoms with Gasteiger partial charge >= 0.3 is 0 Å². The van der Waals surface area contributed by atoms with Crippen molar-refractivity contribution in [2.75, 3.05) is 4.90 Å². The minimum Gasteiger partial charge on any atom is -0.272 e. The molecule has 1 unspecified atom stereocenters. The number of anilines is 1. The van der Waals surface area contributed by atoms with Gasteiger partial charge in [0.15, 0.2) is 5.38 Å². The zero-order valence-electron chi connectivity index (χ0n) is 13.7. The van der Waals surface area contributed by atoms with Gasteiger partial charge in [-0.15, -0.1) is 11.6 Å². The smallest absolute Gasteiger partial charge is 0.272 e. The van der Waals surface area contributed by atoms with Crippen molar-refractivity contribution in [3.8, 4) is 0 Å². The maximum absolute atomic E-state index is 12.7. The summed E-state index contributed by atoms with van der Waals surface area (Å²) in [7, 11) is 0. The monoisotopic (exact) mass is 340 g/mol. The summed E-state index contributed by atoms with van der Waals surface area (Å²) < 4.78 is 0. The molecule has 1 aliphatic rings. The van der Waals surface area contributed by atoms with E-state index >= 15 is 0 Å². The molecular formula is C19H17ClN2O2. The maximum Gasteiger partial charge on any atom is 0.281 e. The van der Waals surface area contributed by atoms with Gasteiger partial charge in [-0.2, -0.15) is 0 Å². The van der Waals surface area contributed by atoms with Gasteiger partial charge in [-0.1, -0.05) is 29.8 Å². The van der Waals surface area contributed by atoms with E-state index in [0.717, 1.165) is 21.6 Å². The predicted molar refractivity (Wildman–Crippen MR) is 96.3 cm³/mol. The number of amides is 2. The highest BCUT2D eigenvalue weighted by molar-refractivity contribution is 6.68. The Hall–Kier alpha value is -2.46. The van der Waals surface area contributed by atoms with Crippen molar-refractivity contribution in [3.05, 3.63) is 59.2 Å². The third kappa shape index (κ3) is 2.85. The van der Waals surface area contributed by atoms with Crippen LogP contribution in [0.2, 0.25) is 0 Å². The number of carbonyl (C=O) groups is 2. The van der Waals surface area contributed by atoms with Crippen LogP contribution in [0.1, 0.15) is 16.7 Å². The standard InChI is InChI=1S/C19H17ClN2O2/c1-11-5-8-14(9-6-11)22-18(23)16(20)17(19(22)24)21-15-10-12(2)4-7-13(15)3/h4-10,16H,1-3H3. The van der Waals surface area contributed by atoms with E-state index in [4.69, 9.17) is 11.6 Å². The van der Waals surface area contributed by atoms with Gasteiger partial charge in [0.2, 0.25) is 0 Å². The molecule has 1 heterocycles. The summed E-state index contributed by atoms with van der Waals surface area (Å²) in [4.78, 5) is 30.6. The average Bonchev–Trinajstić information content (AvgIpc) is 2.76. The second-order valence-electron chi connectivity index (χ2n) is 5.96. The molecule has 0 radical (unpaired) electrons. The van der Waals surface area contributed by atoms with Crippen molar-refractivity contribution in [2.24, 2.45) is 4.99 Å². The van der Waals surface area contributed by atoms with Crippen LogP contribution in [0.5, 0.6) is 0 Å². The van der Waals surface area contributed by atoms with Crippen LogP contribution in [-0.2, 0) is 9.59 Å². The van der Waals surface area contributed by atoms with Crippen molar-refractivity contribution in [2.45, 2.75) is 26.1 Å². The Morgan fingerprint density at radius 2 is 1.58 bits per heavy atom. The van der Waals surface area contributed by atoms with Crippen LogP contribution < -0.4 is 4.90 Å². The number of alkyl halides is 1. The first-order valence-corrected chi connectivity index (χ1v) is 8.07. The first kappa shape index (κ1) is 16.4. The van der Waals surface area contributed by atoms with E-state index in [1.807, 2.05) is 51.1 Å². The lowest BCUT2D eigenvalue weighted by atomic mass is 10.1. The van der Waals surface area contributed by atoms with Crippen LogP contribution in [0.15, 0.2) is 47.5 Å². The topological polar surface area (TPSA) is 49.7 Å². The number of hydrogen-bond acceptors (Lipinski definition) is 3. The second kappa shape index (κ2) is 6.21. The van der Waals surface area contributed by atoms with E-state index in [0.29, 0.717) is 11.4 Å². The van der Waals surface area contributed by atoms with Gasteiger partial charge in [-0.3, -0.25) is 9.59 Å². The van der Waals surface area contributed by atoms with Crippen molar-refractivity contribution in [1.82, 2.24) is 0 Å². The van der Waals surface area contributed by atoms with Crippen molar-refractivity contribution >= 4 is 40.5 Å². The molecule has 3 rings (SSSR count). The maximum atomic E-state index is 12.7. The SMILES string of the molecule is Cc1ccc(N2C(=O)C(=Nc3cc(C)ccc3C)C(Cl)C2=O)cc1. The first-order chi connectivity index (χ1) is 11.4. The van der Waals surface area contributed by atoms with Gasteiger partial charge in [0.05, 0.1) is 11.4 Å². The lowest BCUT2D eigenvalue weighted by molar-refractivity contribution is -0.120. The number of aliphatic imine (C=N–C) groups is 1. The van der Waals surface area contributed by atoms with E-state index in [1.165, 1.54) is 0 Å². The van der Waals surface area contributed by atoms with Crippen molar-refractivity contribution in [3.63, 3.8) is 0 Å². The van der Waals surface area contributed by atoms with Crippen LogP contribution in [-0.4, -0.2) is 22.9 Å². The first-order valence-electron chi connectivity index (χ1n) is 7.63. The van der Waals surface area contributed by atoms with E-state index in [1.54, 1.807) is 12.1 Å². The van der Waals surface area contributed by atoms with Gasteiger partial charge in [-0.05, 0) is 50.1 Å². The van der Waals surface area contributed by atoms with Crippen molar-refractivity contribution in [1.29, 1.82) is 0 Å². The minimum absolute atomic E-state index is 0.0657. The molecule has 1 saturated heterocycles. The number of hydrogen-bond donors (Lipinski definition) is 0. The Morgan fingerprint density at radius 3 is 2.25 bits per heavy atom. The summed E-state index contributed by atoms with van der Waals surface area (Å²) in [5.74, 6) is -0.931. The molecule has 0 spiro atoms. The molecule has 2 amide bonds. The molecule has 2 aromatic rings. The van der Waals surface area contributed by atoms with Crippen LogP contribution in [0.4, 0.5) is 11.4 Å². The normalized spacial score (nSPS) is 19.4. The molecule has 0 aromatic heterocycles. The zero-order valence-corrected chi connectivity index (χ0v) is 14.5. The molecule has 0 bridgehead atoms. The van der Waals surface area contributed by atoms with Gasteiger partial charge in [0, 0.05) is 0 Å². The molecule has 1 fully saturated rings. The number of halogens is 1. The van der Waals surface area contributed by atoms with Gasteiger partial charge in [0.25, 0.3) is 11.8 Å². The highest BCUT2D eigenvalue weighted by atomic mass is 35.5. The van der Waals surface area contributed by atoms with Crippen LogP contribution in [0, 0.1) is 20.8 Å². The van der Waals surface area contributed by atoms with Crippen molar-refractivity contribution < 1.29 is 9.59 Å². The molecule has 1 atom stereocenters. The molecule has 4 nitrogen and oxygen atoms in total. The van der Waals surface area contributed by atoms with Gasteiger partial charge < -0.3 is 0 Å². The molecule has 1 aliphatic heterocycles. The van der Waals surface area contributed by atoms with E-state index in [9.17, 15) is 9.59 Å². The fourth-order valence-corrected chi connectivity index (χ4v) is 2.81. The third-order valence-corrected chi connectivity index (χ3v) is 4.39. The number of imide groups is 1. The molecule has 0 aliphatic carbocycles. The number of aryl methyl sites for hydroxylation is 3. The molecule has 24 heavy (non-hydrogen) atoms. The quantitative estimate of drug-likeness (QED) is 0.615. The number of benzene rings is 2. The van der Waals surface area contributed by atoms with Crippen LogP contribution in [0.25, 0.3) is 0 Å². The summed E-state index contributed by atoms with van der Waals surface area (Å²) >= 11 is 6.20. The van der Waals surface area contributed by atoms with E-state index < -0.39 is 17.2 Å². The Kier molecular flexibility index (Phi) is 4.24. The summed E-state index contributed by atoms with van der Waals surface area (Å²) in [6.45, 7) is 5.79. The molecule has 5 heteroatoms. The van der Waals surface area contributed by atoms with Crippen LogP contribution >= 0.6 is 11.6 Å². The highest BCUT2D eigenvalue weighted by Gasteiger charge is 2.44. The minimum atomic E-state index is -1.07. The van der Waals surface area contributed by atoms with E-state index in [2.05, 4.69) is 4.99 Å². The van der Waals surface area contributed by atoms with Gasteiger partial charge in [-0.25, -0.2) is 9.89 Å². The third-order valence-electron chi connectivity index (χ3n) is 4.00. The number of carbonyl (C=O) groups excluding carboxylic acids is 2. The van der Waals surface area contributed by atoms with Crippen LogP contribution in [0.3, 0.4) is 0 Å². The summed E-state index contributed by atoms with van der Waals surface area (Å²) in [5, 5.41) is -1.07.